The topological polar surface area (TPSA) is 105 Å². The summed E-state index contributed by atoms with van der Waals surface area (Å²) in [6.45, 7) is 5.27. The van der Waals surface area contributed by atoms with Crippen LogP contribution in [0, 0.1) is 6.92 Å². The summed E-state index contributed by atoms with van der Waals surface area (Å²) in [6.07, 6.45) is 0. The Kier molecular flexibility index (Phi) is 10.6. The summed E-state index contributed by atoms with van der Waals surface area (Å²) in [6, 6.07) is 17.6. The summed E-state index contributed by atoms with van der Waals surface area (Å²) in [4.78, 5) is 28.0. The van der Waals surface area contributed by atoms with E-state index in [9.17, 15) is 18.0 Å². The van der Waals surface area contributed by atoms with Crippen molar-refractivity contribution in [3.8, 4) is 11.5 Å². The molecule has 11 heteroatoms. The molecule has 0 radical (unpaired) electrons. The number of sulfonamides is 1. The maximum absolute atomic E-state index is 14.0. The van der Waals surface area contributed by atoms with Gasteiger partial charge in [-0.1, -0.05) is 45.8 Å². The lowest BCUT2D eigenvalue weighted by molar-refractivity contribution is -0.139. The first-order valence-corrected chi connectivity index (χ1v) is 14.9. The molecule has 0 aliphatic carbocycles. The van der Waals surface area contributed by atoms with Gasteiger partial charge in [0.05, 0.1) is 24.8 Å². The molecular weight excluding hydrogens is 598 g/mol. The SMILES string of the molecule is CCNC(=O)[C@H](C)N(Cc1cccc(Br)c1)C(=O)CN(c1ccc(C)cc1)S(=O)(=O)c1ccc(OC)c(OC)c1. The number of halogens is 1. The number of ether oxygens (including phenoxy) is 2. The predicted molar refractivity (Wildman–Crippen MR) is 158 cm³/mol. The van der Waals surface area contributed by atoms with Crippen molar-refractivity contribution in [2.24, 2.45) is 0 Å². The van der Waals surface area contributed by atoms with Crippen molar-refractivity contribution in [2.75, 3.05) is 31.6 Å². The Bertz CT molecular complexity index is 1450. The Morgan fingerprint density at radius 1 is 0.975 bits per heavy atom. The van der Waals surface area contributed by atoms with Crippen LogP contribution in [0.5, 0.6) is 11.5 Å². The van der Waals surface area contributed by atoms with Crippen LogP contribution in [0.2, 0.25) is 0 Å². The van der Waals surface area contributed by atoms with Gasteiger partial charge in [0, 0.05) is 23.6 Å². The molecule has 3 aromatic rings. The van der Waals surface area contributed by atoms with Gasteiger partial charge in [-0.05, 0) is 62.7 Å². The van der Waals surface area contributed by atoms with E-state index >= 15 is 0 Å². The minimum absolute atomic E-state index is 0.0751. The second-order valence-electron chi connectivity index (χ2n) is 9.09. The zero-order valence-electron chi connectivity index (χ0n) is 23.2. The Labute approximate surface area is 244 Å². The zero-order chi connectivity index (χ0) is 29.4. The van der Waals surface area contributed by atoms with Gasteiger partial charge in [0.25, 0.3) is 10.0 Å². The summed E-state index contributed by atoms with van der Waals surface area (Å²) in [5.74, 6) is -0.269. The van der Waals surface area contributed by atoms with Crippen LogP contribution in [0.3, 0.4) is 0 Å². The second-order valence-corrected chi connectivity index (χ2v) is 11.9. The van der Waals surface area contributed by atoms with Crippen molar-refractivity contribution in [1.82, 2.24) is 10.2 Å². The van der Waals surface area contributed by atoms with Crippen LogP contribution in [0.4, 0.5) is 5.69 Å². The number of aryl methyl sites for hydroxylation is 1. The lowest BCUT2D eigenvalue weighted by Crippen LogP contribution is -2.51. The van der Waals surface area contributed by atoms with Crippen LogP contribution in [0.25, 0.3) is 0 Å². The predicted octanol–water partition coefficient (Wildman–Crippen LogP) is 4.52. The molecule has 0 aromatic heterocycles. The number of methoxy groups -OCH3 is 2. The van der Waals surface area contributed by atoms with Crippen LogP contribution < -0.4 is 19.1 Å². The van der Waals surface area contributed by atoms with E-state index in [1.165, 1.54) is 37.3 Å². The minimum atomic E-state index is -4.25. The standard InChI is InChI=1S/C29H34BrN3O6S/c1-6-31-29(35)21(3)32(18-22-8-7-9-23(30)16-22)28(34)19-33(24-12-10-20(2)11-13-24)40(36,37)25-14-15-26(38-4)27(17-25)39-5/h7-17,21H,6,18-19H2,1-5H3,(H,31,35)/t21-/m0/s1. The zero-order valence-corrected chi connectivity index (χ0v) is 25.6. The largest absolute Gasteiger partial charge is 0.493 e. The van der Waals surface area contributed by atoms with Gasteiger partial charge in [-0.15, -0.1) is 0 Å². The normalized spacial score (nSPS) is 11.8. The number of amides is 2. The highest BCUT2D eigenvalue weighted by molar-refractivity contribution is 9.10. The molecule has 0 fully saturated rings. The van der Waals surface area contributed by atoms with Crippen molar-refractivity contribution in [2.45, 2.75) is 38.3 Å². The molecular formula is C29H34BrN3O6S. The molecule has 214 valence electrons. The fourth-order valence-corrected chi connectivity index (χ4v) is 5.96. The second kappa shape index (κ2) is 13.7. The van der Waals surface area contributed by atoms with Gasteiger partial charge in [-0.25, -0.2) is 8.42 Å². The third-order valence-electron chi connectivity index (χ3n) is 6.30. The van der Waals surface area contributed by atoms with Crippen LogP contribution in [-0.2, 0) is 26.2 Å². The average Bonchev–Trinajstić information content (AvgIpc) is 2.94. The number of carbonyl (C=O) groups excluding carboxylic acids is 2. The monoisotopic (exact) mass is 631 g/mol. The molecule has 0 heterocycles. The van der Waals surface area contributed by atoms with Gasteiger partial charge in [0.15, 0.2) is 11.5 Å². The third-order valence-corrected chi connectivity index (χ3v) is 8.57. The number of nitrogens with one attached hydrogen (secondary N) is 1. The van der Waals surface area contributed by atoms with E-state index in [0.717, 1.165) is 19.9 Å². The third kappa shape index (κ3) is 7.33. The molecule has 0 bridgehead atoms. The molecule has 1 N–H and O–H groups in total. The molecule has 0 aliphatic heterocycles. The van der Waals surface area contributed by atoms with Crippen molar-refractivity contribution in [3.05, 3.63) is 82.3 Å². The number of hydrogen-bond acceptors (Lipinski definition) is 6. The van der Waals surface area contributed by atoms with Crippen molar-refractivity contribution >= 4 is 43.5 Å². The maximum Gasteiger partial charge on any atom is 0.264 e. The Hall–Kier alpha value is -3.57. The minimum Gasteiger partial charge on any atom is -0.493 e. The van der Waals surface area contributed by atoms with E-state index in [4.69, 9.17) is 9.47 Å². The molecule has 2 amide bonds. The first-order valence-electron chi connectivity index (χ1n) is 12.6. The Morgan fingerprint density at radius 2 is 1.65 bits per heavy atom. The van der Waals surface area contributed by atoms with E-state index in [2.05, 4.69) is 21.2 Å². The first kappa shape index (κ1) is 31.0. The molecule has 1 atom stereocenters. The van der Waals surface area contributed by atoms with Crippen LogP contribution in [0.15, 0.2) is 76.1 Å². The fraction of sp³-hybridized carbons (Fsp3) is 0.310. The lowest BCUT2D eigenvalue weighted by atomic mass is 10.1. The summed E-state index contributed by atoms with van der Waals surface area (Å²) < 4.78 is 40.5. The first-order chi connectivity index (χ1) is 19.0. The van der Waals surface area contributed by atoms with Gasteiger partial charge < -0.3 is 19.7 Å². The molecule has 0 saturated heterocycles. The summed E-state index contributed by atoms with van der Waals surface area (Å²) >= 11 is 3.44. The molecule has 9 nitrogen and oxygen atoms in total. The van der Waals surface area contributed by atoms with E-state index in [1.807, 2.05) is 31.2 Å². The fourth-order valence-electron chi connectivity index (χ4n) is 4.08. The molecule has 40 heavy (non-hydrogen) atoms. The summed E-state index contributed by atoms with van der Waals surface area (Å²) in [7, 11) is -1.37. The molecule has 0 aliphatic rings. The van der Waals surface area contributed by atoms with E-state index in [1.54, 1.807) is 38.1 Å². The Morgan fingerprint density at radius 3 is 2.25 bits per heavy atom. The van der Waals surface area contributed by atoms with E-state index in [0.29, 0.717) is 18.0 Å². The molecule has 0 unspecified atom stereocenters. The highest BCUT2D eigenvalue weighted by Gasteiger charge is 2.33. The van der Waals surface area contributed by atoms with Crippen molar-refractivity contribution in [1.29, 1.82) is 0 Å². The van der Waals surface area contributed by atoms with E-state index in [-0.39, 0.29) is 23.1 Å². The smallest absolute Gasteiger partial charge is 0.264 e. The number of carbonyl (C=O) groups is 2. The molecule has 0 saturated carbocycles. The van der Waals surface area contributed by atoms with Crippen LogP contribution >= 0.6 is 15.9 Å². The average molecular weight is 633 g/mol. The summed E-state index contributed by atoms with van der Waals surface area (Å²) in [5, 5.41) is 2.75. The van der Waals surface area contributed by atoms with Gasteiger partial charge in [-0.2, -0.15) is 0 Å². The quantitative estimate of drug-likeness (QED) is 0.315. The van der Waals surface area contributed by atoms with E-state index < -0.39 is 28.5 Å². The molecule has 3 rings (SSSR count). The maximum atomic E-state index is 14.0. The number of anilines is 1. The number of benzene rings is 3. The highest BCUT2D eigenvalue weighted by atomic mass is 79.9. The summed E-state index contributed by atoms with van der Waals surface area (Å²) in [5.41, 5.74) is 2.02. The van der Waals surface area contributed by atoms with Gasteiger partial charge >= 0.3 is 0 Å². The van der Waals surface area contributed by atoms with Gasteiger partial charge in [-0.3, -0.25) is 13.9 Å². The number of nitrogens with zero attached hydrogens (tertiary/aromatic N) is 2. The van der Waals surface area contributed by atoms with Crippen LogP contribution in [-0.4, -0.2) is 58.5 Å². The van der Waals surface area contributed by atoms with Gasteiger partial charge in [0.2, 0.25) is 11.8 Å². The number of hydrogen-bond donors (Lipinski definition) is 1. The van der Waals surface area contributed by atoms with Gasteiger partial charge in [0.1, 0.15) is 12.6 Å². The van der Waals surface area contributed by atoms with Crippen molar-refractivity contribution in [3.63, 3.8) is 0 Å². The Balaban J connectivity index is 2.07. The number of likely N-dealkylation sites (N-methyl/N-ethyl adjacent to an activating group) is 1. The highest BCUT2D eigenvalue weighted by Crippen LogP contribution is 2.32. The number of rotatable bonds is 12. The molecule has 3 aromatic carbocycles. The lowest BCUT2D eigenvalue weighted by Gasteiger charge is -2.32. The van der Waals surface area contributed by atoms with Crippen molar-refractivity contribution < 1.29 is 27.5 Å². The van der Waals surface area contributed by atoms with Crippen LogP contribution in [0.1, 0.15) is 25.0 Å². The molecule has 0 spiro atoms.